The number of ether oxygens (including phenoxy) is 1. The summed E-state index contributed by atoms with van der Waals surface area (Å²) in [5, 5.41) is 14.8. The first-order valence-electron chi connectivity index (χ1n) is 8.61. The van der Waals surface area contributed by atoms with Crippen LogP contribution in [-0.2, 0) is 12.8 Å². The molecule has 0 saturated carbocycles. The molecule has 2 heterocycles. The Morgan fingerprint density at radius 3 is 2.88 bits per heavy atom. The van der Waals surface area contributed by atoms with Crippen LogP contribution in [0.1, 0.15) is 29.7 Å². The van der Waals surface area contributed by atoms with Crippen molar-refractivity contribution in [1.82, 2.24) is 25.5 Å². The molecule has 1 N–H and O–H groups in total. The minimum atomic E-state index is 0.292. The van der Waals surface area contributed by atoms with Crippen LogP contribution in [-0.4, -0.2) is 33.4 Å². The number of fused-ring (bicyclic) bond motifs is 1. The number of rotatable bonds is 6. The molecule has 4 rings (SSSR count). The van der Waals surface area contributed by atoms with Crippen LogP contribution in [0.25, 0.3) is 5.69 Å². The van der Waals surface area contributed by atoms with E-state index in [1.165, 1.54) is 16.7 Å². The van der Waals surface area contributed by atoms with Crippen LogP contribution in [0, 0.1) is 0 Å². The summed E-state index contributed by atoms with van der Waals surface area (Å²) in [7, 11) is 0. The van der Waals surface area contributed by atoms with Crippen molar-refractivity contribution < 1.29 is 4.74 Å². The molecule has 1 aliphatic rings. The van der Waals surface area contributed by atoms with E-state index in [-0.39, 0.29) is 0 Å². The summed E-state index contributed by atoms with van der Waals surface area (Å²) >= 11 is 0. The first kappa shape index (κ1) is 15.8. The third kappa shape index (κ3) is 3.53. The van der Waals surface area contributed by atoms with E-state index in [9.17, 15) is 0 Å². The van der Waals surface area contributed by atoms with E-state index in [1.807, 2.05) is 12.1 Å². The summed E-state index contributed by atoms with van der Waals surface area (Å²) in [6.07, 6.45) is 3.64. The van der Waals surface area contributed by atoms with Gasteiger partial charge in [0.05, 0.1) is 12.3 Å². The third-order valence-corrected chi connectivity index (χ3v) is 4.62. The summed E-state index contributed by atoms with van der Waals surface area (Å²) in [5.74, 6) is 1.05. The largest absolute Gasteiger partial charge is 0.493 e. The Morgan fingerprint density at radius 2 is 2.08 bits per heavy atom. The summed E-state index contributed by atoms with van der Waals surface area (Å²) in [5.41, 5.74) is 4.90. The van der Waals surface area contributed by atoms with Gasteiger partial charge in [0.2, 0.25) is 0 Å². The lowest BCUT2D eigenvalue weighted by Gasteiger charge is -2.15. The fourth-order valence-electron chi connectivity index (χ4n) is 3.14. The van der Waals surface area contributed by atoms with Crippen LogP contribution in [0.5, 0.6) is 5.75 Å². The molecule has 1 aliphatic heterocycles. The Labute approximate surface area is 146 Å². The molecule has 0 aliphatic carbocycles. The zero-order valence-electron chi connectivity index (χ0n) is 14.2. The maximum atomic E-state index is 5.56. The molecule has 0 bridgehead atoms. The number of aromatic nitrogens is 4. The second-order valence-electron chi connectivity index (χ2n) is 6.31. The molecule has 0 fully saturated rings. The van der Waals surface area contributed by atoms with Crippen LogP contribution in [0.4, 0.5) is 0 Å². The smallest absolute Gasteiger partial charge is 0.143 e. The number of nitrogens with zero attached hydrogens (tertiary/aromatic N) is 4. The van der Waals surface area contributed by atoms with Crippen molar-refractivity contribution in [3.63, 3.8) is 0 Å². The Hall–Kier alpha value is -2.73. The summed E-state index contributed by atoms with van der Waals surface area (Å²) in [6.45, 7) is 3.94. The van der Waals surface area contributed by atoms with E-state index in [2.05, 4.69) is 58.1 Å². The monoisotopic (exact) mass is 335 g/mol. The Kier molecular flexibility index (Phi) is 4.43. The normalized spacial score (nSPS) is 14.1. The van der Waals surface area contributed by atoms with Gasteiger partial charge in [-0.3, -0.25) is 0 Å². The predicted octanol–water partition coefficient (Wildman–Crippen LogP) is 2.49. The van der Waals surface area contributed by atoms with Crippen molar-refractivity contribution in [3.05, 3.63) is 65.5 Å². The third-order valence-electron chi connectivity index (χ3n) is 4.62. The van der Waals surface area contributed by atoms with E-state index in [4.69, 9.17) is 4.74 Å². The van der Waals surface area contributed by atoms with E-state index >= 15 is 0 Å². The van der Waals surface area contributed by atoms with Gasteiger partial charge in [0.1, 0.15) is 12.1 Å². The lowest BCUT2D eigenvalue weighted by molar-refractivity contribution is 0.357. The number of benzene rings is 2. The van der Waals surface area contributed by atoms with Gasteiger partial charge in [-0.25, -0.2) is 4.68 Å². The zero-order chi connectivity index (χ0) is 17.1. The highest BCUT2D eigenvalue weighted by molar-refractivity contribution is 5.40. The van der Waals surface area contributed by atoms with Gasteiger partial charge in [-0.15, -0.1) is 5.10 Å². The summed E-state index contributed by atoms with van der Waals surface area (Å²) in [4.78, 5) is 0. The zero-order valence-corrected chi connectivity index (χ0v) is 14.2. The van der Waals surface area contributed by atoms with Crippen LogP contribution in [0.2, 0.25) is 0 Å². The first-order valence-corrected chi connectivity index (χ1v) is 8.61. The summed E-state index contributed by atoms with van der Waals surface area (Å²) in [6, 6.07) is 15.1. The van der Waals surface area contributed by atoms with Gasteiger partial charge in [0.15, 0.2) is 0 Å². The molecule has 1 aromatic heterocycles. The molecule has 0 saturated heterocycles. The van der Waals surface area contributed by atoms with Crippen LogP contribution in [0.3, 0.4) is 0 Å². The molecule has 0 spiro atoms. The van der Waals surface area contributed by atoms with Gasteiger partial charge in [-0.05, 0) is 65.2 Å². The lowest BCUT2D eigenvalue weighted by atomic mass is 10.1. The maximum absolute atomic E-state index is 5.56. The maximum Gasteiger partial charge on any atom is 0.143 e. The quantitative estimate of drug-likeness (QED) is 0.750. The van der Waals surface area contributed by atoms with Crippen molar-refractivity contribution in [1.29, 1.82) is 0 Å². The van der Waals surface area contributed by atoms with Crippen LogP contribution in [0.15, 0.2) is 48.8 Å². The minimum absolute atomic E-state index is 0.292. The second kappa shape index (κ2) is 7.03. The van der Waals surface area contributed by atoms with Gasteiger partial charge < -0.3 is 10.1 Å². The highest BCUT2D eigenvalue weighted by Gasteiger charge is 2.12. The lowest BCUT2D eigenvalue weighted by Crippen LogP contribution is -2.21. The predicted molar refractivity (Wildman–Crippen MR) is 94.9 cm³/mol. The van der Waals surface area contributed by atoms with Crippen molar-refractivity contribution in [2.45, 2.75) is 25.8 Å². The molecule has 0 amide bonds. The van der Waals surface area contributed by atoms with E-state index < -0.39 is 0 Å². The van der Waals surface area contributed by atoms with Gasteiger partial charge in [0, 0.05) is 12.5 Å². The molecule has 2 aromatic carbocycles. The molecule has 128 valence electrons. The molecule has 6 nitrogen and oxygen atoms in total. The first-order chi connectivity index (χ1) is 12.3. The fourth-order valence-corrected chi connectivity index (χ4v) is 3.14. The molecule has 25 heavy (non-hydrogen) atoms. The van der Waals surface area contributed by atoms with Gasteiger partial charge >= 0.3 is 0 Å². The number of tetrazole rings is 1. The Balaban J connectivity index is 1.32. The van der Waals surface area contributed by atoms with Crippen molar-refractivity contribution in [2.24, 2.45) is 0 Å². The molecule has 3 aromatic rings. The number of hydrogen-bond donors (Lipinski definition) is 1. The van der Waals surface area contributed by atoms with Gasteiger partial charge in [-0.2, -0.15) is 0 Å². The van der Waals surface area contributed by atoms with E-state index in [1.54, 1.807) is 11.0 Å². The van der Waals surface area contributed by atoms with Crippen LogP contribution >= 0.6 is 0 Å². The molecule has 0 radical (unpaired) electrons. The Morgan fingerprint density at radius 1 is 1.20 bits per heavy atom. The van der Waals surface area contributed by atoms with E-state index in [0.29, 0.717) is 6.04 Å². The topological polar surface area (TPSA) is 64.9 Å². The van der Waals surface area contributed by atoms with E-state index in [0.717, 1.165) is 37.4 Å². The minimum Gasteiger partial charge on any atom is -0.493 e. The van der Waals surface area contributed by atoms with Crippen LogP contribution < -0.4 is 10.1 Å². The van der Waals surface area contributed by atoms with Gasteiger partial charge in [0.25, 0.3) is 0 Å². The molecule has 1 unspecified atom stereocenters. The molecular formula is C19H21N5O. The van der Waals surface area contributed by atoms with Gasteiger partial charge in [-0.1, -0.05) is 24.3 Å². The number of hydrogen-bond acceptors (Lipinski definition) is 5. The highest BCUT2D eigenvalue weighted by Crippen LogP contribution is 2.26. The second-order valence-corrected chi connectivity index (χ2v) is 6.31. The molecule has 1 atom stereocenters. The van der Waals surface area contributed by atoms with Crippen molar-refractivity contribution in [2.75, 3.05) is 13.2 Å². The summed E-state index contributed by atoms with van der Waals surface area (Å²) < 4.78 is 7.21. The standard InChI is InChI=1S/C19H21N5O/c1-14(16-3-5-18(6-4-16)24-13-21-22-23-24)20-10-8-15-2-7-19-17(12-15)9-11-25-19/h2-7,12-14,20H,8-11H2,1H3. The van der Waals surface area contributed by atoms with Crippen molar-refractivity contribution >= 4 is 0 Å². The van der Waals surface area contributed by atoms with Crippen molar-refractivity contribution in [3.8, 4) is 11.4 Å². The SMILES string of the molecule is CC(NCCc1ccc2c(c1)CCO2)c1ccc(-n2cnnn2)cc1. The number of nitrogens with one attached hydrogen (secondary N) is 1. The fraction of sp³-hybridized carbons (Fsp3) is 0.316. The highest BCUT2D eigenvalue weighted by atomic mass is 16.5. The Bertz CT molecular complexity index is 830. The molecule has 6 heteroatoms. The average molecular weight is 335 g/mol. The average Bonchev–Trinajstić information content (AvgIpc) is 3.33. The molecular weight excluding hydrogens is 314 g/mol.